The topological polar surface area (TPSA) is 55.4 Å². The van der Waals surface area contributed by atoms with Gasteiger partial charge in [0.25, 0.3) is 5.91 Å². The van der Waals surface area contributed by atoms with Crippen LogP contribution in [0, 0.1) is 0 Å². The van der Waals surface area contributed by atoms with Crippen LogP contribution >= 0.6 is 22.7 Å². The molecule has 0 radical (unpaired) electrons. The van der Waals surface area contributed by atoms with Gasteiger partial charge in [-0.25, -0.2) is 4.79 Å². The number of rotatable bonds is 5. The fraction of sp³-hybridized carbons (Fsp3) is 0.333. The Hall–Kier alpha value is -1.66. The van der Waals surface area contributed by atoms with Crippen LogP contribution in [-0.4, -0.2) is 18.5 Å². The van der Waals surface area contributed by atoms with Gasteiger partial charge in [-0.3, -0.25) is 4.79 Å². The molecule has 3 rings (SSSR count). The fourth-order valence-electron chi connectivity index (χ4n) is 2.14. The molecule has 0 atom stereocenters. The van der Waals surface area contributed by atoms with Crippen molar-refractivity contribution in [3.05, 3.63) is 38.9 Å². The second-order valence-electron chi connectivity index (χ2n) is 4.82. The van der Waals surface area contributed by atoms with Gasteiger partial charge in [0.15, 0.2) is 0 Å². The van der Waals surface area contributed by atoms with Crippen LogP contribution in [0.4, 0.5) is 5.00 Å². The zero-order chi connectivity index (χ0) is 14.8. The predicted molar refractivity (Wildman–Crippen MR) is 84.5 cm³/mol. The quantitative estimate of drug-likeness (QED) is 0.843. The third kappa shape index (κ3) is 3.01. The molecule has 1 amide bonds. The highest BCUT2D eigenvalue weighted by Gasteiger charge is 2.32. The van der Waals surface area contributed by atoms with Crippen LogP contribution in [0.5, 0.6) is 0 Å². The number of amides is 1. The molecule has 0 spiro atoms. The fourth-order valence-corrected chi connectivity index (χ4v) is 3.79. The molecule has 1 aliphatic rings. The van der Waals surface area contributed by atoms with E-state index in [0.29, 0.717) is 28.0 Å². The molecule has 2 aromatic heterocycles. The normalized spacial score (nSPS) is 14.0. The van der Waals surface area contributed by atoms with Gasteiger partial charge >= 0.3 is 5.97 Å². The highest BCUT2D eigenvalue weighted by molar-refractivity contribution is 7.15. The van der Waals surface area contributed by atoms with Gasteiger partial charge in [-0.2, -0.15) is 0 Å². The smallest absolute Gasteiger partial charge is 0.341 e. The molecule has 1 fully saturated rings. The number of anilines is 1. The molecule has 1 aliphatic carbocycles. The van der Waals surface area contributed by atoms with E-state index in [0.717, 1.165) is 18.4 Å². The Bertz CT molecular complexity index is 657. The third-order valence-corrected chi connectivity index (χ3v) is 5.07. The van der Waals surface area contributed by atoms with Crippen LogP contribution in [0.25, 0.3) is 0 Å². The minimum atomic E-state index is -0.345. The van der Waals surface area contributed by atoms with Crippen molar-refractivity contribution < 1.29 is 14.3 Å². The van der Waals surface area contributed by atoms with Crippen molar-refractivity contribution in [2.24, 2.45) is 0 Å². The molecule has 0 saturated heterocycles. The average molecular weight is 321 g/mol. The minimum Gasteiger partial charge on any atom is -0.462 e. The second-order valence-corrected chi connectivity index (χ2v) is 6.65. The van der Waals surface area contributed by atoms with E-state index in [4.69, 9.17) is 4.74 Å². The van der Waals surface area contributed by atoms with Crippen molar-refractivity contribution in [1.82, 2.24) is 0 Å². The highest BCUT2D eigenvalue weighted by atomic mass is 32.1. The van der Waals surface area contributed by atoms with Crippen LogP contribution in [0.2, 0.25) is 0 Å². The Kier molecular flexibility index (Phi) is 4.07. The van der Waals surface area contributed by atoms with Gasteiger partial charge in [0, 0.05) is 0 Å². The predicted octanol–water partition coefficient (Wildman–Crippen LogP) is 4.12. The standard InChI is InChI=1S/C15H15NO3S2/c1-2-19-15(18)12-10(9-5-6-9)8-21-14(12)16-13(17)11-4-3-7-20-11/h3-4,7-9H,2,5-6H2,1H3,(H,16,17). The summed E-state index contributed by atoms with van der Waals surface area (Å²) >= 11 is 2.77. The first-order valence-electron chi connectivity index (χ1n) is 6.84. The van der Waals surface area contributed by atoms with E-state index in [2.05, 4.69) is 5.32 Å². The molecule has 0 bridgehead atoms. The lowest BCUT2D eigenvalue weighted by atomic mass is 10.1. The monoisotopic (exact) mass is 321 g/mol. The Balaban J connectivity index is 1.87. The van der Waals surface area contributed by atoms with E-state index in [1.54, 1.807) is 13.0 Å². The van der Waals surface area contributed by atoms with Crippen molar-refractivity contribution in [1.29, 1.82) is 0 Å². The molecule has 0 unspecified atom stereocenters. The summed E-state index contributed by atoms with van der Waals surface area (Å²) in [6.45, 7) is 2.11. The molecule has 0 aromatic carbocycles. The number of carbonyl (C=O) groups is 2. The molecule has 1 N–H and O–H groups in total. The SMILES string of the molecule is CCOC(=O)c1c(C2CC2)csc1NC(=O)c1cccs1. The maximum absolute atomic E-state index is 12.2. The summed E-state index contributed by atoms with van der Waals surface area (Å²) in [7, 11) is 0. The van der Waals surface area contributed by atoms with Crippen molar-refractivity contribution in [2.45, 2.75) is 25.7 Å². The van der Waals surface area contributed by atoms with E-state index < -0.39 is 0 Å². The number of esters is 1. The maximum Gasteiger partial charge on any atom is 0.341 e. The molecular weight excluding hydrogens is 306 g/mol. The van der Waals surface area contributed by atoms with E-state index in [9.17, 15) is 9.59 Å². The lowest BCUT2D eigenvalue weighted by molar-refractivity contribution is 0.0527. The third-order valence-electron chi connectivity index (χ3n) is 3.29. The van der Waals surface area contributed by atoms with Gasteiger partial charge in [-0.05, 0) is 48.1 Å². The van der Waals surface area contributed by atoms with E-state index in [-0.39, 0.29) is 11.9 Å². The Morgan fingerprint density at radius 2 is 2.19 bits per heavy atom. The maximum atomic E-state index is 12.2. The molecule has 21 heavy (non-hydrogen) atoms. The van der Waals surface area contributed by atoms with Gasteiger partial charge in [0.2, 0.25) is 0 Å². The number of ether oxygens (including phenoxy) is 1. The number of thiophene rings is 2. The van der Waals surface area contributed by atoms with Gasteiger partial charge in [0.1, 0.15) is 5.00 Å². The first kappa shape index (κ1) is 14.3. The number of hydrogen-bond acceptors (Lipinski definition) is 5. The number of carbonyl (C=O) groups excluding carboxylic acids is 2. The second kappa shape index (κ2) is 5.99. The molecule has 110 valence electrons. The lowest BCUT2D eigenvalue weighted by Gasteiger charge is -2.07. The summed E-state index contributed by atoms with van der Waals surface area (Å²) in [5, 5.41) is 7.25. The van der Waals surface area contributed by atoms with Crippen LogP contribution in [0.3, 0.4) is 0 Å². The Labute approximate surface area is 130 Å². The molecule has 6 heteroatoms. The molecular formula is C15H15NO3S2. The summed E-state index contributed by atoms with van der Waals surface area (Å²) in [6.07, 6.45) is 2.20. The van der Waals surface area contributed by atoms with Gasteiger partial charge in [0.05, 0.1) is 17.0 Å². The summed E-state index contributed by atoms with van der Waals surface area (Å²) in [4.78, 5) is 25.0. The van der Waals surface area contributed by atoms with Crippen LogP contribution in [-0.2, 0) is 4.74 Å². The zero-order valence-corrected chi connectivity index (χ0v) is 13.2. The largest absolute Gasteiger partial charge is 0.462 e. The van der Waals surface area contributed by atoms with Crippen LogP contribution in [0.15, 0.2) is 22.9 Å². The van der Waals surface area contributed by atoms with E-state index in [1.807, 2.05) is 16.8 Å². The van der Waals surface area contributed by atoms with Gasteiger partial charge in [-0.1, -0.05) is 6.07 Å². The first-order valence-corrected chi connectivity index (χ1v) is 8.60. The minimum absolute atomic E-state index is 0.181. The Morgan fingerprint density at radius 1 is 1.38 bits per heavy atom. The summed E-state index contributed by atoms with van der Waals surface area (Å²) in [5.41, 5.74) is 1.55. The number of nitrogens with one attached hydrogen (secondary N) is 1. The van der Waals surface area contributed by atoms with Crippen molar-refractivity contribution in [3.63, 3.8) is 0 Å². The van der Waals surface area contributed by atoms with E-state index >= 15 is 0 Å². The van der Waals surface area contributed by atoms with E-state index in [1.165, 1.54) is 22.7 Å². The molecule has 1 saturated carbocycles. The molecule has 0 aliphatic heterocycles. The van der Waals surface area contributed by atoms with Crippen LogP contribution in [0.1, 0.15) is 51.3 Å². The summed E-state index contributed by atoms with van der Waals surface area (Å²) in [5.74, 6) is -0.0880. The van der Waals surface area contributed by atoms with Gasteiger partial charge < -0.3 is 10.1 Å². The number of hydrogen-bond donors (Lipinski definition) is 1. The van der Waals surface area contributed by atoms with Crippen molar-refractivity contribution in [2.75, 3.05) is 11.9 Å². The average Bonchev–Trinajstić information content (AvgIpc) is 3.01. The molecule has 2 aromatic rings. The zero-order valence-electron chi connectivity index (χ0n) is 11.5. The van der Waals surface area contributed by atoms with Gasteiger partial charge in [-0.15, -0.1) is 22.7 Å². The molecule has 4 nitrogen and oxygen atoms in total. The van der Waals surface area contributed by atoms with Crippen molar-refractivity contribution >= 4 is 39.6 Å². The molecule has 2 heterocycles. The van der Waals surface area contributed by atoms with Crippen LogP contribution < -0.4 is 5.32 Å². The summed E-state index contributed by atoms with van der Waals surface area (Å²) in [6, 6.07) is 3.59. The van der Waals surface area contributed by atoms with Crippen molar-refractivity contribution in [3.8, 4) is 0 Å². The lowest BCUT2D eigenvalue weighted by Crippen LogP contribution is -2.14. The Morgan fingerprint density at radius 3 is 2.81 bits per heavy atom. The highest BCUT2D eigenvalue weighted by Crippen LogP contribution is 2.46. The summed E-state index contributed by atoms with van der Waals surface area (Å²) < 4.78 is 5.14. The first-order chi connectivity index (χ1) is 10.2.